The summed E-state index contributed by atoms with van der Waals surface area (Å²) in [6, 6.07) is 24.6. The van der Waals surface area contributed by atoms with Gasteiger partial charge in [-0.15, -0.1) is 10.2 Å². The number of aromatic nitrogens is 3. The van der Waals surface area contributed by atoms with E-state index in [4.69, 9.17) is 9.47 Å². The molecular formula is C26H25N5O3S. The molecule has 0 saturated heterocycles. The van der Waals surface area contributed by atoms with E-state index in [2.05, 4.69) is 20.9 Å². The minimum atomic E-state index is -0.490. The van der Waals surface area contributed by atoms with Crippen LogP contribution in [0.4, 0.5) is 5.69 Å². The number of carbonyl (C=O) groups is 1. The molecule has 0 saturated carbocycles. The van der Waals surface area contributed by atoms with E-state index in [1.807, 2.05) is 90.5 Å². The third-order valence-electron chi connectivity index (χ3n) is 5.63. The maximum atomic E-state index is 13.5. The lowest BCUT2D eigenvalue weighted by Crippen LogP contribution is -2.41. The summed E-state index contributed by atoms with van der Waals surface area (Å²) in [4.78, 5) is 13.5. The largest absolute Gasteiger partial charge is 0.497 e. The summed E-state index contributed by atoms with van der Waals surface area (Å²) in [5.74, 6) is 2.07. The molecule has 1 aliphatic rings. The maximum absolute atomic E-state index is 13.5. The van der Waals surface area contributed by atoms with Gasteiger partial charge in [0.1, 0.15) is 16.7 Å². The Labute approximate surface area is 207 Å². The first-order chi connectivity index (χ1) is 17.2. The number of fused-ring (bicyclic) bond motifs is 1. The Hall–Kier alpha value is -3.98. The van der Waals surface area contributed by atoms with Gasteiger partial charge in [-0.25, -0.2) is 4.68 Å². The molecule has 0 fully saturated rings. The van der Waals surface area contributed by atoms with Crippen molar-refractivity contribution in [1.82, 2.24) is 14.9 Å². The van der Waals surface area contributed by atoms with Gasteiger partial charge in [0.2, 0.25) is 11.1 Å². The van der Waals surface area contributed by atoms with Gasteiger partial charge in [0.15, 0.2) is 5.82 Å². The zero-order valence-corrected chi connectivity index (χ0v) is 20.2. The summed E-state index contributed by atoms with van der Waals surface area (Å²) < 4.78 is 12.7. The number of anilines is 1. The fourth-order valence-corrected chi connectivity index (χ4v) is 4.98. The van der Waals surface area contributed by atoms with E-state index in [1.54, 1.807) is 7.11 Å². The van der Waals surface area contributed by atoms with Crippen molar-refractivity contribution in [3.8, 4) is 22.9 Å². The minimum absolute atomic E-state index is 0.137. The molecule has 8 nitrogen and oxygen atoms in total. The van der Waals surface area contributed by atoms with Crippen LogP contribution in [-0.4, -0.2) is 39.7 Å². The number of thioether (sulfide) groups is 1. The minimum Gasteiger partial charge on any atom is -0.497 e. The van der Waals surface area contributed by atoms with Gasteiger partial charge < -0.3 is 20.2 Å². The molecule has 9 heteroatoms. The van der Waals surface area contributed by atoms with Crippen molar-refractivity contribution in [1.29, 1.82) is 0 Å². The lowest BCUT2D eigenvalue weighted by Gasteiger charge is -2.33. The molecule has 4 aromatic rings. The van der Waals surface area contributed by atoms with Gasteiger partial charge in [-0.2, -0.15) is 0 Å². The molecule has 5 rings (SSSR count). The Morgan fingerprint density at radius 1 is 1.00 bits per heavy atom. The van der Waals surface area contributed by atoms with Crippen molar-refractivity contribution in [3.63, 3.8) is 0 Å². The van der Waals surface area contributed by atoms with Crippen molar-refractivity contribution >= 4 is 23.4 Å². The van der Waals surface area contributed by atoms with Gasteiger partial charge in [0, 0.05) is 11.3 Å². The summed E-state index contributed by atoms with van der Waals surface area (Å²) in [6.07, 6.45) is 0. The average molecular weight is 488 g/mol. The second kappa shape index (κ2) is 10.1. The maximum Gasteiger partial charge on any atom is 0.240 e. The summed E-state index contributed by atoms with van der Waals surface area (Å²) >= 11 is 1.38. The number of methoxy groups -OCH3 is 1. The first-order valence-corrected chi connectivity index (χ1v) is 12.2. The molecule has 35 heavy (non-hydrogen) atoms. The lowest BCUT2D eigenvalue weighted by molar-refractivity contribution is -0.116. The van der Waals surface area contributed by atoms with Gasteiger partial charge in [0.05, 0.1) is 19.8 Å². The molecule has 2 N–H and O–H groups in total. The Balaban J connectivity index is 1.47. The van der Waals surface area contributed by atoms with E-state index in [0.717, 1.165) is 22.6 Å². The van der Waals surface area contributed by atoms with Crippen molar-refractivity contribution in [2.24, 2.45) is 0 Å². The van der Waals surface area contributed by atoms with Crippen LogP contribution in [0.2, 0.25) is 0 Å². The van der Waals surface area contributed by atoms with E-state index < -0.39 is 5.25 Å². The smallest absolute Gasteiger partial charge is 0.240 e. The normalized spacial score (nSPS) is 16.6. The predicted octanol–water partition coefficient (Wildman–Crippen LogP) is 4.75. The molecule has 1 amide bonds. The van der Waals surface area contributed by atoms with Crippen LogP contribution in [0.1, 0.15) is 18.5 Å². The Morgan fingerprint density at radius 3 is 2.40 bits per heavy atom. The molecule has 0 bridgehead atoms. The summed E-state index contributed by atoms with van der Waals surface area (Å²) in [5, 5.41) is 11.9. The fourth-order valence-electron chi connectivity index (χ4n) is 3.91. The molecule has 1 aliphatic heterocycles. The van der Waals surface area contributed by atoms with Crippen LogP contribution in [0.15, 0.2) is 84.0 Å². The van der Waals surface area contributed by atoms with E-state index >= 15 is 0 Å². The first-order valence-electron chi connectivity index (χ1n) is 11.3. The quantitative estimate of drug-likeness (QED) is 0.389. The molecule has 2 atom stereocenters. The van der Waals surface area contributed by atoms with Gasteiger partial charge in [-0.3, -0.25) is 4.79 Å². The number of benzene rings is 3. The monoisotopic (exact) mass is 487 g/mol. The standard InChI is InChI=1S/C26H25N5O3S/c1-3-34-21-13-9-17(10-14-21)22-23(25(32)27-19-11-15-20(33-2)16-12-19)35-26-29-28-24(31(26)30-22)18-7-5-4-6-8-18/h4-16,22-23,30H,3H2,1-2H3,(H,27,32)/t22-,23-/m1/s1. The van der Waals surface area contributed by atoms with Crippen LogP contribution < -0.4 is 20.2 Å². The summed E-state index contributed by atoms with van der Waals surface area (Å²) in [6.45, 7) is 2.54. The topological polar surface area (TPSA) is 90.3 Å². The highest BCUT2D eigenvalue weighted by Crippen LogP contribution is 2.39. The SMILES string of the molecule is CCOc1ccc([C@H]2Nn3c(nnc3-c3ccccc3)S[C@H]2C(=O)Nc2ccc(OC)cc2)cc1. The van der Waals surface area contributed by atoms with Crippen molar-refractivity contribution in [3.05, 3.63) is 84.4 Å². The van der Waals surface area contributed by atoms with E-state index in [-0.39, 0.29) is 11.9 Å². The number of ether oxygens (including phenoxy) is 2. The predicted molar refractivity (Wildman–Crippen MR) is 136 cm³/mol. The van der Waals surface area contributed by atoms with E-state index in [1.165, 1.54) is 11.8 Å². The average Bonchev–Trinajstić information content (AvgIpc) is 3.32. The third-order valence-corrected chi connectivity index (χ3v) is 6.85. The molecule has 0 aliphatic carbocycles. The highest BCUT2D eigenvalue weighted by Gasteiger charge is 2.38. The number of amides is 1. The van der Waals surface area contributed by atoms with Crippen LogP contribution in [0.3, 0.4) is 0 Å². The van der Waals surface area contributed by atoms with Crippen LogP contribution in [-0.2, 0) is 4.79 Å². The van der Waals surface area contributed by atoms with Crippen LogP contribution in [0.25, 0.3) is 11.4 Å². The number of hydrogen-bond donors (Lipinski definition) is 2. The van der Waals surface area contributed by atoms with Crippen molar-refractivity contribution < 1.29 is 14.3 Å². The lowest BCUT2D eigenvalue weighted by atomic mass is 10.0. The zero-order chi connectivity index (χ0) is 24.2. The van der Waals surface area contributed by atoms with Crippen molar-refractivity contribution in [2.75, 3.05) is 24.5 Å². The van der Waals surface area contributed by atoms with Gasteiger partial charge >= 0.3 is 0 Å². The van der Waals surface area contributed by atoms with E-state index in [0.29, 0.717) is 23.3 Å². The second-order valence-electron chi connectivity index (χ2n) is 7.87. The number of nitrogens with zero attached hydrogens (tertiary/aromatic N) is 3. The number of hydrogen-bond acceptors (Lipinski definition) is 7. The van der Waals surface area contributed by atoms with Crippen LogP contribution >= 0.6 is 11.8 Å². The Morgan fingerprint density at radius 2 is 1.71 bits per heavy atom. The van der Waals surface area contributed by atoms with Crippen molar-refractivity contribution in [2.45, 2.75) is 23.4 Å². The summed E-state index contributed by atoms with van der Waals surface area (Å²) in [5.41, 5.74) is 6.08. The summed E-state index contributed by atoms with van der Waals surface area (Å²) in [7, 11) is 1.61. The van der Waals surface area contributed by atoms with Gasteiger partial charge in [-0.05, 0) is 48.9 Å². The molecule has 0 radical (unpaired) electrons. The molecule has 0 unspecified atom stereocenters. The zero-order valence-electron chi connectivity index (χ0n) is 19.3. The number of nitrogens with one attached hydrogen (secondary N) is 2. The molecular weight excluding hydrogens is 462 g/mol. The molecule has 1 aromatic heterocycles. The fraction of sp³-hybridized carbons (Fsp3) is 0.192. The molecule has 2 heterocycles. The van der Waals surface area contributed by atoms with Gasteiger partial charge in [0.25, 0.3) is 0 Å². The first kappa shape index (κ1) is 22.8. The number of rotatable bonds is 7. The number of carbonyl (C=O) groups excluding carboxylic acids is 1. The Kier molecular flexibility index (Phi) is 6.58. The highest BCUT2D eigenvalue weighted by molar-refractivity contribution is 8.00. The molecule has 3 aromatic carbocycles. The van der Waals surface area contributed by atoms with E-state index in [9.17, 15) is 4.79 Å². The van der Waals surface area contributed by atoms with Crippen LogP contribution in [0.5, 0.6) is 11.5 Å². The molecule has 0 spiro atoms. The highest BCUT2D eigenvalue weighted by atomic mass is 32.2. The Bertz CT molecular complexity index is 1290. The van der Waals surface area contributed by atoms with Gasteiger partial charge in [-0.1, -0.05) is 54.2 Å². The third kappa shape index (κ3) is 4.81. The molecule has 178 valence electrons. The second-order valence-corrected chi connectivity index (χ2v) is 8.98. The van der Waals surface area contributed by atoms with Crippen LogP contribution in [0, 0.1) is 0 Å².